The van der Waals surface area contributed by atoms with Crippen molar-refractivity contribution in [1.29, 1.82) is 0 Å². The van der Waals surface area contributed by atoms with E-state index in [-0.39, 0.29) is 35.2 Å². The van der Waals surface area contributed by atoms with Crippen molar-refractivity contribution in [3.63, 3.8) is 0 Å². The van der Waals surface area contributed by atoms with E-state index in [2.05, 4.69) is 4.98 Å². The van der Waals surface area contributed by atoms with Crippen molar-refractivity contribution in [3.8, 4) is 22.6 Å². The molecular formula is C17H13ClN2O3S. The third-order valence-corrected chi connectivity index (χ3v) is 4.80. The number of pyridine rings is 1. The molecule has 0 spiro atoms. The van der Waals surface area contributed by atoms with Crippen LogP contribution >= 0.6 is 23.7 Å². The molecule has 0 atom stereocenters. The number of aromatic hydroxyl groups is 2. The summed E-state index contributed by atoms with van der Waals surface area (Å²) < 4.78 is 0.601. The number of anilines is 1. The number of fused-ring (bicyclic) bond motifs is 3. The average Bonchev–Trinajstić information content (AvgIpc) is 3.01. The van der Waals surface area contributed by atoms with Crippen molar-refractivity contribution in [2.24, 2.45) is 0 Å². The molecular weight excluding hydrogens is 348 g/mol. The number of hydrogen-bond acceptors (Lipinski definition) is 5. The van der Waals surface area contributed by atoms with Crippen molar-refractivity contribution in [3.05, 3.63) is 52.1 Å². The van der Waals surface area contributed by atoms with Gasteiger partial charge in [-0.2, -0.15) is 0 Å². The smallest absolute Gasteiger partial charge is 0.266 e. The van der Waals surface area contributed by atoms with Crippen LogP contribution in [0.3, 0.4) is 0 Å². The third kappa shape index (κ3) is 2.28. The second-order valence-corrected chi connectivity index (χ2v) is 6.19. The highest BCUT2D eigenvalue weighted by molar-refractivity contribution is 7.17. The van der Waals surface area contributed by atoms with E-state index >= 15 is 0 Å². The fraction of sp³-hybridized carbons (Fsp3) is 0. The van der Waals surface area contributed by atoms with Gasteiger partial charge in [-0.05, 0) is 41.3 Å². The first-order valence-corrected chi connectivity index (χ1v) is 7.78. The SMILES string of the molecule is Cl.Nc1ccc(-c2c(O)ccc3[nH]c(=O)c4sccc4c23)cc1O. The Bertz CT molecular complexity index is 1130. The summed E-state index contributed by atoms with van der Waals surface area (Å²) in [5.74, 6) is 0.0195. The minimum atomic E-state index is -0.153. The number of phenolic OH excluding ortho intramolecular Hbond substituents is 2. The maximum absolute atomic E-state index is 12.1. The zero-order valence-electron chi connectivity index (χ0n) is 12.2. The fourth-order valence-corrected chi connectivity index (χ4v) is 3.62. The first-order chi connectivity index (χ1) is 11.1. The Morgan fingerprint density at radius 2 is 1.83 bits per heavy atom. The van der Waals surface area contributed by atoms with Gasteiger partial charge >= 0.3 is 0 Å². The highest BCUT2D eigenvalue weighted by Crippen LogP contribution is 2.41. The van der Waals surface area contributed by atoms with Crippen LogP contribution in [0.4, 0.5) is 5.69 Å². The first-order valence-electron chi connectivity index (χ1n) is 6.90. The summed E-state index contributed by atoms with van der Waals surface area (Å²) in [5, 5.41) is 23.6. The number of H-pyrrole nitrogens is 1. The molecule has 5 nitrogen and oxygen atoms in total. The lowest BCUT2D eigenvalue weighted by molar-refractivity contribution is 0.476. The second kappa shape index (κ2) is 5.74. The van der Waals surface area contributed by atoms with Crippen LogP contribution < -0.4 is 11.3 Å². The number of halogens is 1. The molecule has 0 radical (unpaired) electrons. The number of rotatable bonds is 1. The van der Waals surface area contributed by atoms with Crippen LogP contribution in [0.2, 0.25) is 0 Å². The second-order valence-electron chi connectivity index (χ2n) is 5.27. The zero-order valence-corrected chi connectivity index (χ0v) is 13.9. The molecule has 0 aliphatic rings. The molecule has 4 aromatic rings. The van der Waals surface area contributed by atoms with Gasteiger partial charge in [0.2, 0.25) is 0 Å². The van der Waals surface area contributed by atoms with Gasteiger partial charge in [-0.1, -0.05) is 6.07 Å². The molecule has 2 aromatic carbocycles. The summed E-state index contributed by atoms with van der Waals surface area (Å²) in [5.41, 5.74) is 7.57. The number of nitrogen functional groups attached to an aromatic ring is 1. The molecule has 7 heteroatoms. The predicted molar refractivity (Wildman–Crippen MR) is 100 cm³/mol. The van der Waals surface area contributed by atoms with E-state index in [0.717, 1.165) is 10.8 Å². The summed E-state index contributed by atoms with van der Waals surface area (Å²) in [7, 11) is 0. The van der Waals surface area contributed by atoms with Crippen LogP contribution in [-0.2, 0) is 0 Å². The van der Waals surface area contributed by atoms with Crippen LogP contribution in [0.15, 0.2) is 46.6 Å². The van der Waals surface area contributed by atoms with Crippen molar-refractivity contribution >= 4 is 50.4 Å². The summed E-state index contributed by atoms with van der Waals surface area (Å²) in [6, 6.07) is 9.88. The molecule has 0 saturated heterocycles. The molecule has 0 amide bonds. The van der Waals surface area contributed by atoms with Gasteiger partial charge in [0.1, 0.15) is 16.2 Å². The topological polar surface area (TPSA) is 99.3 Å². The lowest BCUT2D eigenvalue weighted by Crippen LogP contribution is -2.04. The summed E-state index contributed by atoms with van der Waals surface area (Å²) in [6.07, 6.45) is 0. The molecule has 0 aliphatic heterocycles. The Balaban J connectivity index is 0.00000169. The maximum Gasteiger partial charge on any atom is 0.266 e. The molecule has 24 heavy (non-hydrogen) atoms. The Hall–Kier alpha value is -2.70. The Labute approximate surface area is 146 Å². The van der Waals surface area contributed by atoms with E-state index in [4.69, 9.17) is 5.73 Å². The number of aromatic amines is 1. The van der Waals surface area contributed by atoms with Gasteiger partial charge in [-0.25, -0.2) is 0 Å². The first kappa shape index (κ1) is 16.2. The lowest BCUT2D eigenvalue weighted by atomic mass is 9.97. The lowest BCUT2D eigenvalue weighted by Gasteiger charge is -2.11. The largest absolute Gasteiger partial charge is 0.507 e. The van der Waals surface area contributed by atoms with E-state index in [1.165, 1.54) is 23.5 Å². The van der Waals surface area contributed by atoms with E-state index < -0.39 is 0 Å². The molecule has 5 N–H and O–H groups in total. The number of aromatic nitrogens is 1. The quantitative estimate of drug-likeness (QED) is 0.306. The van der Waals surface area contributed by atoms with E-state index in [9.17, 15) is 15.0 Å². The molecule has 2 heterocycles. The zero-order chi connectivity index (χ0) is 16.1. The van der Waals surface area contributed by atoms with Crippen LogP contribution in [0.5, 0.6) is 11.5 Å². The van der Waals surface area contributed by atoms with Gasteiger partial charge in [-0.15, -0.1) is 23.7 Å². The molecule has 0 saturated carbocycles. The van der Waals surface area contributed by atoms with E-state index in [0.29, 0.717) is 21.3 Å². The molecule has 0 bridgehead atoms. The Morgan fingerprint density at radius 1 is 1.04 bits per heavy atom. The highest BCUT2D eigenvalue weighted by Gasteiger charge is 2.16. The summed E-state index contributed by atoms with van der Waals surface area (Å²) in [4.78, 5) is 15.0. The van der Waals surface area contributed by atoms with Crippen LogP contribution in [0.25, 0.3) is 32.1 Å². The normalized spacial score (nSPS) is 10.8. The average molecular weight is 361 g/mol. The van der Waals surface area contributed by atoms with Crippen molar-refractivity contribution < 1.29 is 10.2 Å². The number of nitrogens with one attached hydrogen (secondary N) is 1. The van der Waals surface area contributed by atoms with Crippen LogP contribution in [0.1, 0.15) is 0 Å². The van der Waals surface area contributed by atoms with Crippen LogP contribution in [0, 0.1) is 0 Å². The summed E-state index contributed by atoms with van der Waals surface area (Å²) >= 11 is 1.35. The van der Waals surface area contributed by atoms with Gasteiger partial charge in [-0.3, -0.25) is 4.79 Å². The minimum Gasteiger partial charge on any atom is -0.507 e. The standard InChI is InChI=1S/C17H12N2O3S.ClH/c18-10-2-1-8(7-13(10)21)14-12(20)4-3-11-15(14)9-5-6-23-16(9)17(22)19-11;/h1-7,20-21H,18H2,(H,19,22);1H. The van der Waals surface area contributed by atoms with E-state index in [1.807, 2.05) is 11.4 Å². The predicted octanol–water partition coefficient (Wildman–Crippen LogP) is 3.83. The maximum atomic E-state index is 12.1. The minimum absolute atomic E-state index is 0. The fourth-order valence-electron chi connectivity index (χ4n) is 2.83. The molecule has 0 unspecified atom stereocenters. The molecule has 122 valence electrons. The van der Waals surface area contributed by atoms with Crippen LogP contribution in [-0.4, -0.2) is 15.2 Å². The Kier molecular flexibility index (Phi) is 3.87. The number of phenols is 2. The highest BCUT2D eigenvalue weighted by atomic mass is 35.5. The molecule has 0 aliphatic carbocycles. The van der Waals surface area contributed by atoms with Gasteiger partial charge in [0.25, 0.3) is 5.56 Å². The van der Waals surface area contributed by atoms with E-state index in [1.54, 1.807) is 18.2 Å². The van der Waals surface area contributed by atoms with Gasteiger partial charge in [0, 0.05) is 21.9 Å². The molecule has 0 fully saturated rings. The number of nitrogens with two attached hydrogens (primary N) is 1. The number of hydrogen-bond donors (Lipinski definition) is 4. The Morgan fingerprint density at radius 3 is 2.58 bits per heavy atom. The van der Waals surface area contributed by atoms with Gasteiger partial charge < -0.3 is 20.9 Å². The molecule has 4 rings (SSSR count). The van der Waals surface area contributed by atoms with Crippen molar-refractivity contribution in [1.82, 2.24) is 4.98 Å². The van der Waals surface area contributed by atoms with Gasteiger partial charge in [0.15, 0.2) is 0 Å². The van der Waals surface area contributed by atoms with Crippen molar-refractivity contribution in [2.75, 3.05) is 5.73 Å². The monoisotopic (exact) mass is 360 g/mol. The van der Waals surface area contributed by atoms with Gasteiger partial charge in [0.05, 0.1) is 5.69 Å². The summed E-state index contributed by atoms with van der Waals surface area (Å²) in [6.45, 7) is 0. The molecule has 2 aromatic heterocycles. The third-order valence-electron chi connectivity index (χ3n) is 3.89. The van der Waals surface area contributed by atoms with Crippen molar-refractivity contribution in [2.45, 2.75) is 0 Å². The number of benzene rings is 2. The number of thiophene rings is 1.